The molecule has 1 aromatic rings. The third-order valence-electron chi connectivity index (χ3n) is 6.20. The highest BCUT2D eigenvalue weighted by Gasteiger charge is 2.39. The number of nitrogens with zero attached hydrogens (tertiary/aromatic N) is 1. The summed E-state index contributed by atoms with van der Waals surface area (Å²) < 4.78 is 11.3. The van der Waals surface area contributed by atoms with Crippen LogP contribution in [-0.4, -0.2) is 73.6 Å². The van der Waals surface area contributed by atoms with Gasteiger partial charge in [-0.25, -0.2) is 0 Å². The quantitative estimate of drug-likeness (QED) is 0.345. The average molecular weight is 495 g/mol. The number of benzene rings is 1. The van der Waals surface area contributed by atoms with Crippen LogP contribution in [0.2, 0.25) is 0 Å². The van der Waals surface area contributed by atoms with Gasteiger partial charge in [0.1, 0.15) is 6.04 Å². The summed E-state index contributed by atoms with van der Waals surface area (Å²) in [7, 11) is 0. The van der Waals surface area contributed by atoms with Gasteiger partial charge in [0, 0.05) is 29.8 Å². The number of anilines is 1. The number of carbonyl (C=O) groups excluding carboxylic acids is 4. The lowest BCUT2D eigenvalue weighted by Gasteiger charge is -2.29. The van der Waals surface area contributed by atoms with Crippen molar-refractivity contribution in [2.45, 2.75) is 50.8 Å². The van der Waals surface area contributed by atoms with Crippen LogP contribution in [0.4, 0.5) is 5.69 Å². The topological polar surface area (TPSA) is 126 Å². The largest absolute Gasteiger partial charge is 0.379 e. The number of nitrogens with one attached hydrogen (secondary N) is 3. The monoisotopic (exact) mass is 494 g/mol. The molecule has 186 valence electrons. The molecule has 3 aliphatic heterocycles. The van der Waals surface area contributed by atoms with E-state index in [4.69, 9.17) is 9.47 Å². The predicted molar refractivity (Wildman–Crippen MR) is 126 cm³/mol. The lowest BCUT2D eigenvalue weighted by Crippen LogP contribution is -2.52. The average Bonchev–Trinajstić information content (AvgIpc) is 3.14. The summed E-state index contributed by atoms with van der Waals surface area (Å²) in [6.07, 6.45) is 2.97. The van der Waals surface area contributed by atoms with Crippen LogP contribution in [0.3, 0.4) is 0 Å². The van der Waals surface area contributed by atoms with Crippen molar-refractivity contribution in [3.05, 3.63) is 29.3 Å². The molecule has 0 bridgehead atoms. The fraction of sp³-hybridized carbons (Fsp3) is 0.565. The van der Waals surface area contributed by atoms with Crippen LogP contribution in [0.15, 0.2) is 18.2 Å². The van der Waals surface area contributed by atoms with Crippen LogP contribution in [0.5, 0.6) is 0 Å². The minimum atomic E-state index is -0.688. The van der Waals surface area contributed by atoms with Crippen molar-refractivity contribution in [3.63, 3.8) is 0 Å². The molecule has 2 saturated heterocycles. The number of fused-ring (bicyclic) bond motifs is 1. The molecular weight excluding hydrogens is 464 g/mol. The summed E-state index contributed by atoms with van der Waals surface area (Å²) in [4.78, 5) is 50.4. The molecule has 0 radical (unpaired) electrons. The van der Waals surface area contributed by atoms with Crippen molar-refractivity contribution in [1.29, 1.82) is 0 Å². The van der Waals surface area contributed by atoms with Gasteiger partial charge in [-0.2, -0.15) is 0 Å². The van der Waals surface area contributed by atoms with Gasteiger partial charge in [0.25, 0.3) is 5.91 Å². The Balaban J connectivity index is 0.00000324. The fourth-order valence-corrected chi connectivity index (χ4v) is 4.42. The number of imide groups is 1. The smallest absolute Gasteiger partial charge is 0.255 e. The number of ether oxygens (including phenoxy) is 2. The maximum atomic E-state index is 12.9. The molecule has 1 aromatic carbocycles. The normalized spacial score (nSPS) is 20.5. The Morgan fingerprint density at radius 1 is 1.09 bits per heavy atom. The zero-order chi connectivity index (χ0) is 23.2. The number of amides is 4. The number of carbonyl (C=O) groups is 4. The van der Waals surface area contributed by atoms with E-state index < -0.39 is 11.9 Å². The van der Waals surface area contributed by atoms with Gasteiger partial charge in [-0.1, -0.05) is 6.07 Å². The molecule has 4 amide bonds. The molecule has 2 fully saturated rings. The second kappa shape index (κ2) is 12.3. The summed E-state index contributed by atoms with van der Waals surface area (Å²) in [5, 5.41) is 8.44. The first-order valence-corrected chi connectivity index (χ1v) is 11.5. The van der Waals surface area contributed by atoms with Crippen LogP contribution in [0, 0.1) is 0 Å². The van der Waals surface area contributed by atoms with Crippen LogP contribution < -0.4 is 16.0 Å². The number of halogens is 1. The van der Waals surface area contributed by atoms with Crippen molar-refractivity contribution < 1.29 is 28.7 Å². The van der Waals surface area contributed by atoms with Crippen LogP contribution in [0.25, 0.3) is 0 Å². The van der Waals surface area contributed by atoms with Crippen molar-refractivity contribution in [3.8, 4) is 0 Å². The predicted octanol–water partition coefficient (Wildman–Crippen LogP) is 0.983. The van der Waals surface area contributed by atoms with Gasteiger partial charge >= 0.3 is 0 Å². The third kappa shape index (κ3) is 6.32. The number of hydrogen-bond donors (Lipinski definition) is 3. The Hall–Kier alpha value is -2.53. The highest BCUT2D eigenvalue weighted by molar-refractivity contribution is 6.06. The summed E-state index contributed by atoms with van der Waals surface area (Å²) in [5.41, 5.74) is 1.69. The van der Waals surface area contributed by atoms with E-state index in [1.54, 1.807) is 18.2 Å². The van der Waals surface area contributed by atoms with Crippen LogP contribution >= 0.6 is 12.4 Å². The number of piperidine rings is 2. The Bertz CT molecular complexity index is 921. The van der Waals surface area contributed by atoms with Gasteiger partial charge in [-0.3, -0.25) is 24.5 Å². The molecule has 4 rings (SSSR count). The highest BCUT2D eigenvalue weighted by Crippen LogP contribution is 2.32. The summed E-state index contributed by atoms with van der Waals surface area (Å²) >= 11 is 0. The minimum Gasteiger partial charge on any atom is -0.379 e. The van der Waals surface area contributed by atoms with E-state index in [9.17, 15) is 19.2 Å². The van der Waals surface area contributed by atoms with Gasteiger partial charge in [0.15, 0.2) is 0 Å². The van der Waals surface area contributed by atoms with Gasteiger partial charge in [-0.15, -0.1) is 12.4 Å². The molecule has 0 aromatic heterocycles. The lowest BCUT2D eigenvalue weighted by molar-refractivity contribution is -0.137. The van der Waals surface area contributed by atoms with Gasteiger partial charge in [0.2, 0.25) is 17.7 Å². The van der Waals surface area contributed by atoms with Crippen molar-refractivity contribution in [1.82, 2.24) is 15.5 Å². The van der Waals surface area contributed by atoms with Gasteiger partial charge in [-0.05, 0) is 44.5 Å². The molecule has 10 nitrogen and oxygen atoms in total. The molecule has 34 heavy (non-hydrogen) atoms. The Morgan fingerprint density at radius 3 is 2.65 bits per heavy atom. The molecule has 3 heterocycles. The summed E-state index contributed by atoms with van der Waals surface area (Å²) in [6, 6.07) is 4.44. The zero-order valence-corrected chi connectivity index (χ0v) is 19.8. The van der Waals surface area contributed by atoms with E-state index in [1.165, 1.54) is 4.90 Å². The Labute approximate surface area is 204 Å². The SMILES string of the molecule is Cl.O=C1CCC(N2Cc3c(NC(=O)CCOCCOC4CCNCC4)cccc3C2=O)C(=O)N1. The lowest BCUT2D eigenvalue weighted by atomic mass is 10.0. The van der Waals surface area contributed by atoms with Crippen molar-refractivity contribution >= 4 is 41.7 Å². The molecule has 0 saturated carbocycles. The fourth-order valence-electron chi connectivity index (χ4n) is 4.42. The van der Waals surface area contributed by atoms with Crippen molar-refractivity contribution in [2.24, 2.45) is 0 Å². The molecule has 1 atom stereocenters. The van der Waals surface area contributed by atoms with Crippen molar-refractivity contribution in [2.75, 3.05) is 38.2 Å². The molecule has 0 aliphatic carbocycles. The van der Waals surface area contributed by atoms with Crippen LogP contribution in [0.1, 0.15) is 48.0 Å². The summed E-state index contributed by atoms with van der Waals surface area (Å²) in [6.45, 7) is 3.39. The van der Waals surface area contributed by atoms with Gasteiger partial charge < -0.3 is 25.0 Å². The maximum absolute atomic E-state index is 12.9. The van der Waals surface area contributed by atoms with E-state index in [-0.39, 0.29) is 62.2 Å². The Morgan fingerprint density at radius 2 is 1.88 bits per heavy atom. The molecule has 3 aliphatic rings. The maximum Gasteiger partial charge on any atom is 0.255 e. The molecule has 3 N–H and O–H groups in total. The molecule has 1 unspecified atom stereocenters. The van der Waals surface area contributed by atoms with Crippen LogP contribution in [-0.2, 0) is 30.4 Å². The zero-order valence-electron chi connectivity index (χ0n) is 19.0. The van der Waals surface area contributed by atoms with E-state index in [0.717, 1.165) is 25.9 Å². The highest BCUT2D eigenvalue weighted by atomic mass is 35.5. The van der Waals surface area contributed by atoms with Gasteiger partial charge in [0.05, 0.1) is 32.3 Å². The second-order valence-corrected chi connectivity index (χ2v) is 8.46. The first kappa shape index (κ1) is 26.1. The first-order chi connectivity index (χ1) is 16.0. The van der Waals surface area contributed by atoms with E-state index in [2.05, 4.69) is 16.0 Å². The van der Waals surface area contributed by atoms with E-state index in [1.807, 2.05) is 0 Å². The number of rotatable bonds is 9. The van der Waals surface area contributed by atoms with E-state index in [0.29, 0.717) is 36.4 Å². The standard InChI is InChI=1S/C23H30N4O6.ClH/c28-20-5-4-19(22(30)26-20)27-14-17-16(23(27)31)2-1-3-18(17)25-21(29)8-11-32-12-13-33-15-6-9-24-10-7-15;/h1-3,15,19,24H,4-14H2,(H,25,29)(H,26,28,30);1H. The Kier molecular flexibility index (Phi) is 9.40. The number of hydrogen-bond acceptors (Lipinski definition) is 7. The second-order valence-electron chi connectivity index (χ2n) is 8.46. The molecular formula is C23H31ClN4O6. The summed E-state index contributed by atoms with van der Waals surface area (Å²) in [5.74, 6) is -1.27. The van der Waals surface area contributed by atoms with E-state index >= 15 is 0 Å². The molecule has 0 spiro atoms. The minimum absolute atomic E-state index is 0. The third-order valence-corrected chi connectivity index (χ3v) is 6.20. The molecule has 11 heteroatoms. The first-order valence-electron chi connectivity index (χ1n) is 11.5.